The summed E-state index contributed by atoms with van der Waals surface area (Å²) in [7, 11) is 0. The van der Waals surface area contributed by atoms with Gasteiger partial charge < -0.3 is 13.9 Å². The van der Waals surface area contributed by atoms with E-state index in [1.807, 2.05) is 0 Å². The fourth-order valence-corrected chi connectivity index (χ4v) is 9.23. The Balaban J connectivity index is 1.09. The highest BCUT2D eigenvalue weighted by Gasteiger charge is 2.23. The average molecular weight is 753 g/mol. The van der Waals surface area contributed by atoms with Crippen LogP contribution in [0.5, 0.6) is 0 Å². The molecular weight excluding hydrogens is 717 g/mol. The topological polar surface area (TPSA) is 21.3 Å². The van der Waals surface area contributed by atoms with Gasteiger partial charge in [-0.1, -0.05) is 152 Å². The molecule has 0 aliphatic rings. The van der Waals surface area contributed by atoms with Crippen molar-refractivity contribution < 1.29 is 4.42 Å². The number of benzene rings is 10. The number of hydrogen-bond donors (Lipinski definition) is 0. The molecule has 2 heterocycles. The van der Waals surface area contributed by atoms with Gasteiger partial charge in [0, 0.05) is 38.6 Å². The molecule has 12 rings (SSSR count). The van der Waals surface area contributed by atoms with Crippen LogP contribution < -0.4 is 4.90 Å². The van der Waals surface area contributed by atoms with E-state index in [-0.39, 0.29) is 0 Å². The number of aromatic nitrogens is 1. The Labute approximate surface area is 341 Å². The van der Waals surface area contributed by atoms with Crippen molar-refractivity contribution in [1.82, 2.24) is 4.57 Å². The van der Waals surface area contributed by atoms with E-state index in [0.717, 1.165) is 55.6 Å². The summed E-state index contributed by atoms with van der Waals surface area (Å²) in [6.07, 6.45) is 0. The first-order valence-electron chi connectivity index (χ1n) is 20.2. The van der Waals surface area contributed by atoms with Crippen LogP contribution in [0.4, 0.5) is 17.1 Å². The van der Waals surface area contributed by atoms with Crippen molar-refractivity contribution >= 4 is 82.4 Å². The third-order valence-corrected chi connectivity index (χ3v) is 11.9. The van der Waals surface area contributed by atoms with Gasteiger partial charge in [0.05, 0.1) is 16.7 Å². The quantitative estimate of drug-likeness (QED) is 0.169. The minimum absolute atomic E-state index is 0.857. The Morgan fingerprint density at radius 1 is 0.373 bits per heavy atom. The summed E-state index contributed by atoms with van der Waals surface area (Å²) < 4.78 is 9.56. The van der Waals surface area contributed by atoms with Gasteiger partial charge in [-0.05, 0) is 111 Å². The summed E-state index contributed by atoms with van der Waals surface area (Å²) >= 11 is 0. The van der Waals surface area contributed by atoms with Gasteiger partial charge in [0.25, 0.3) is 0 Å². The maximum absolute atomic E-state index is 7.19. The summed E-state index contributed by atoms with van der Waals surface area (Å²) in [5.41, 5.74) is 13.0. The number of para-hydroxylation sites is 2. The van der Waals surface area contributed by atoms with Crippen LogP contribution in [0.25, 0.3) is 93.2 Å². The minimum Gasteiger partial charge on any atom is -0.454 e. The molecule has 59 heavy (non-hydrogen) atoms. The van der Waals surface area contributed by atoms with Crippen molar-refractivity contribution in [2.24, 2.45) is 0 Å². The molecule has 0 aliphatic heterocycles. The molecule has 0 amide bonds. The van der Waals surface area contributed by atoms with Crippen molar-refractivity contribution in [2.45, 2.75) is 0 Å². The molecular formula is C56H36N2O. The van der Waals surface area contributed by atoms with Gasteiger partial charge in [-0.15, -0.1) is 0 Å². The van der Waals surface area contributed by atoms with E-state index in [2.05, 4.69) is 228 Å². The molecule has 0 radical (unpaired) electrons. The second-order valence-electron chi connectivity index (χ2n) is 15.3. The van der Waals surface area contributed by atoms with Crippen LogP contribution in [-0.4, -0.2) is 4.57 Å². The molecule has 0 saturated heterocycles. The summed E-state index contributed by atoms with van der Waals surface area (Å²) in [6, 6.07) is 78.5. The largest absolute Gasteiger partial charge is 0.454 e. The Bertz CT molecular complexity index is 3540. The summed E-state index contributed by atoms with van der Waals surface area (Å²) in [6.45, 7) is 0. The van der Waals surface area contributed by atoms with Crippen LogP contribution in [0.1, 0.15) is 0 Å². The second kappa shape index (κ2) is 13.4. The van der Waals surface area contributed by atoms with E-state index in [0.29, 0.717) is 0 Å². The van der Waals surface area contributed by atoms with Gasteiger partial charge >= 0.3 is 0 Å². The molecule has 0 spiro atoms. The minimum atomic E-state index is 0.857. The Kier molecular flexibility index (Phi) is 7.54. The molecule has 0 fully saturated rings. The molecule has 12 aromatic rings. The van der Waals surface area contributed by atoms with E-state index in [4.69, 9.17) is 4.42 Å². The maximum atomic E-state index is 7.19. The summed E-state index contributed by atoms with van der Waals surface area (Å²) in [5, 5.41) is 9.39. The molecule has 0 atom stereocenters. The molecule has 276 valence electrons. The molecule has 3 heteroatoms. The lowest BCUT2D eigenvalue weighted by Crippen LogP contribution is -2.10. The molecule has 0 saturated carbocycles. The van der Waals surface area contributed by atoms with Gasteiger partial charge in [-0.2, -0.15) is 0 Å². The fourth-order valence-electron chi connectivity index (χ4n) is 9.23. The SMILES string of the molecule is c1ccc(-c2ccc(N(c3ccc4ccccc4c3)c3cc4ccccc4c4c3oc3cc(-c5cccc6c5c5ccccc5n6-c5ccccc5)ccc34)cc2)cc1. The lowest BCUT2D eigenvalue weighted by atomic mass is 9.97. The third kappa shape index (κ3) is 5.36. The van der Waals surface area contributed by atoms with Crippen molar-refractivity contribution in [3.8, 4) is 27.9 Å². The van der Waals surface area contributed by atoms with Crippen LogP contribution in [0.3, 0.4) is 0 Å². The molecule has 10 aromatic carbocycles. The summed E-state index contributed by atoms with van der Waals surface area (Å²) in [5.74, 6) is 0. The Morgan fingerprint density at radius 3 is 1.85 bits per heavy atom. The Hall–Kier alpha value is -7.88. The van der Waals surface area contributed by atoms with Crippen molar-refractivity contribution in [3.05, 3.63) is 218 Å². The monoisotopic (exact) mass is 752 g/mol. The van der Waals surface area contributed by atoms with Crippen molar-refractivity contribution in [2.75, 3.05) is 4.90 Å². The van der Waals surface area contributed by atoms with E-state index in [1.54, 1.807) is 0 Å². The van der Waals surface area contributed by atoms with Gasteiger partial charge in [-0.25, -0.2) is 0 Å². The second-order valence-corrected chi connectivity index (χ2v) is 15.3. The zero-order valence-corrected chi connectivity index (χ0v) is 32.1. The van der Waals surface area contributed by atoms with Gasteiger partial charge in [0.1, 0.15) is 5.58 Å². The number of fused-ring (bicyclic) bond motifs is 9. The van der Waals surface area contributed by atoms with E-state index < -0.39 is 0 Å². The normalized spacial score (nSPS) is 11.7. The first kappa shape index (κ1) is 33.3. The zero-order valence-electron chi connectivity index (χ0n) is 32.1. The van der Waals surface area contributed by atoms with Crippen LogP contribution in [0.15, 0.2) is 223 Å². The molecule has 2 aromatic heterocycles. The molecule has 0 aliphatic carbocycles. The fraction of sp³-hybridized carbons (Fsp3) is 0. The van der Waals surface area contributed by atoms with Crippen LogP contribution in [0, 0.1) is 0 Å². The lowest BCUT2D eigenvalue weighted by Gasteiger charge is -2.26. The predicted molar refractivity (Wildman–Crippen MR) is 249 cm³/mol. The number of nitrogens with zero attached hydrogens (tertiary/aromatic N) is 2. The van der Waals surface area contributed by atoms with Crippen LogP contribution in [0.2, 0.25) is 0 Å². The molecule has 0 N–H and O–H groups in total. The smallest absolute Gasteiger partial charge is 0.160 e. The first-order chi connectivity index (χ1) is 29.3. The third-order valence-electron chi connectivity index (χ3n) is 11.9. The highest BCUT2D eigenvalue weighted by atomic mass is 16.3. The van der Waals surface area contributed by atoms with Gasteiger partial charge in [-0.3, -0.25) is 0 Å². The number of hydrogen-bond acceptors (Lipinski definition) is 2. The van der Waals surface area contributed by atoms with Crippen molar-refractivity contribution in [3.63, 3.8) is 0 Å². The van der Waals surface area contributed by atoms with Crippen LogP contribution in [-0.2, 0) is 0 Å². The summed E-state index contributed by atoms with van der Waals surface area (Å²) in [4.78, 5) is 2.36. The van der Waals surface area contributed by atoms with Crippen molar-refractivity contribution in [1.29, 1.82) is 0 Å². The number of anilines is 3. The molecule has 0 unspecified atom stereocenters. The van der Waals surface area contributed by atoms with Gasteiger partial charge in [0.15, 0.2) is 5.58 Å². The van der Waals surface area contributed by atoms with E-state index >= 15 is 0 Å². The first-order valence-corrected chi connectivity index (χ1v) is 20.2. The maximum Gasteiger partial charge on any atom is 0.160 e. The average Bonchev–Trinajstić information content (AvgIpc) is 3.86. The lowest BCUT2D eigenvalue weighted by molar-refractivity contribution is 0.669. The van der Waals surface area contributed by atoms with E-state index in [1.165, 1.54) is 54.7 Å². The molecule has 3 nitrogen and oxygen atoms in total. The standard InChI is InChI=1S/C56H36N2O/c1-3-14-37(15-4-1)39-26-30-44(31-27-39)57(45-32-28-38-16-7-8-17-40(38)34-45)52-35-41-18-9-10-21-47(41)55-49-33-29-42(36-53(49)59-56(52)55)46-23-13-25-51-54(46)48-22-11-12-24-50(48)58(51)43-19-5-2-6-20-43/h1-36H. The van der Waals surface area contributed by atoms with Gasteiger partial charge in [0.2, 0.25) is 0 Å². The molecule has 0 bridgehead atoms. The predicted octanol–water partition coefficient (Wildman–Crippen LogP) is 15.8. The van der Waals surface area contributed by atoms with E-state index in [9.17, 15) is 0 Å². The zero-order chi connectivity index (χ0) is 38.9. The number of furan rings is 1. The highest BCUT2D eigenvalue weighted by Crippen LogP contribution is 2.47. The Morgan fingerprint density at radius 2 is 1.02 bits per heavy atom. The number of rotatable bonds is 6. The van der Waals surface area contributed by atoms with Crippen LogP contribution >= 0.6 is 0 Å². The highest BCUT2D eigenvalue weighted by molar-refractivity contribution is 6.24.